The van der Waals surface area contributed by atoms with Crippen molar-refractivity contribution in [1.82, 2.24) is 14.9 Å². The van der Waals surface area contributed by atoms with E-state index in [0.717, 1.165) is 41.9 Å². The average molecular weight is 604 g/mol. The highest BCUT2D eigenvalue weighted by molar-refractivity contribution is 6.07. The molecular formula is C32H32F3N7O2. The molecule has 0 radical (unpaired) electrons. The van der Waals surface area contributed by atoms with Gasteiger partial charge in [-0.25, -0.2) is 9.78 Å². The standard InChI is InChI=1S/C32H32F3N7O2/c1-20-11-12-26(37-29(43)22-8-6-9-24(16-22)32(33,34)35)17-27(20)42-19-23-18-36-30(39-28(23)41(4)31(42)44)38-25-10-5-7-21(15-25)13-14-40(2)3/h5-12,15-18H,13-14,19H2,1-4H3,(H,37,43)(H,36,38,39). The zero-order valence-corrected chi connectivity index (χ0v) is 24.7. The molecule has 9 nitrogen and oxygen atoms in total. The lowest BCUT2D eigenvalue weighted by Gasteiger charge is -2.35. The molecule has 0 unspecified atom stereocenters. The number of fused-ring (bicyclic) bond motifs is 1. The Balaban J connectivity index is 1.34. The third-order valence-electron chi connectivity index (χ3n) is 7.25. The van der Waals surface area contributed by atoms with E-state index >= 15 is 0 Å². The second-order valence-corrected chi connectivity index (χ2v) is 10.9. The molecule has 12 heteroatoms. The molecule has 4 aromatic rings. The van der Waals surface area contributed by atoms with E-state index in [1.807, 2.05) is 39.2 Å². The first kappa shape index (κ1) is 30.5. The first-order chi connectivity index (χ1) is 20.9. The van der Waals surface area contributed by atoms with Crippen molar-refractivity contribution in [2.24, 2.45) is 0 Å². The van der Waals surface area contributed by atoms with Crippen LogP contribution >= 0.6 is 0 Å². The van der Waals surface area contributed by atoms with E-state index in [0.29, 0.717) is 23.1 Å². The number of rotatable bonds is 8. The van der Waals surface area contributed by atoms with Crippen molar-refractivity contribution in [2.45, 2.75) is 26.1 Å². The molecule has 228 valence electrons. The predicted molar refractivity (Wildman–Crippen MR) is 165 cm³/mol. The summed E-state index contributed by atoms with van der Waals surface area (Å²) in [7, 11) is 5.69. The summed E-state index contributed by atoms with van der Waals surface area (Å²) in [5, 5.41) is 5.87. The van der Waals surface area contributed by atoms with E-state index < -0.39 is 17.6 Å². The number of likely N-dealkylation sites (N-methyl/N-ethyl adjacent to an activating group) is 1. The van der Waals surface area contributed by atoms with Gasteiger partial charge in [-0.15, -0.1) is 0 Å². The fourth-order valence-corrected chi connectivity index (χ4v) is 4.86. The topological polar surface area (TPSA) is 93.7 Å². The minimum atomic E-state index is -4.57. The van der Waals surface area contributed by atoms with E-state index in [-0.39, 0.29) is 18.1 Å². The maximum Gasteiger partial charge on any atom is 0.416 e. The van der Waals surface area contributed by atoms with Crippen LogP contribution in [-0.4, -0.2) is 54.5 Å². The van der Waals surface area contributed by atoms with Crippen LogP contribution in [0.2, 0.25) is 0 Å². The maximum absolute atomic E-state index is 13.5. The number of nitrogens with one attached hydrogen (secondary N) is 2. The molecule has 3 amide bonds. The zero-order chi connectivity index (χ0) is 31.6. The Morgan fingerprint density at radius 3 is 2.55 bits per heavy atom. The van der Waals surface area contributed by atoms with Gasteiger partial charge < -0.3 is 15.5 Å². The largest absolute Gasteiger partial charge is 0.416 e. The number of aryl methyl sites for hydroxylation is 1. The normalized spacial score (nSPS) is 13.2. The quantitative estimate of drug-likeness (QED) is 0.240. The number of carbonyl (C=O) groups excluding carboxylic acids is 2. The van der Waals surface area contributed by atoms with Crippen molar-refractivity contribution >= 4 is 40.8 Å². The molecule has 44 heavy (non-hydrogen) atoms. The molecule has 0 saturated carbocycles. The SMILES string of the molecule is Cc1ccc(NC(=O)c2cccc(C(F)(F)F)c2)cc1N1Cc2cnc(Nc3cccc(CCN(C)C)c3)nc2N(C)C1=O. The van der Waals surface area contributed by atoms with E-state index in [4.69, 9.17) is 0 Å². The molecular weight excluding hydrogens is 571 g/mol. The molecule has 1 aliphatic heterocycles. The Morgan fingerprint density at radius 1 is 1.02 bits per heavy atom. The summed E-state index contributed by atoms with van der Waals surface area (Å²) in [6.45, 7) is 2.93. The first-order valence-electron chi connectivity index (χ1n) is 13.9. The summed E-state index contributed by atoms with van der Waals surface area (Å²) in [6.07, 6.45) is -2.00. The molecule has 0 aliphatic carbocycles. The number of anilines is 5. The smallest absolute Gasteiger partial charge is 0.324 e. The Kier molecular flexibility index (Phi) is 8.54. The number of nitrogens with zero attached hydrogens (tertiary/aromatic N) is 5. The van der Waals surface area contributed by atoms with Gasteiger partial charge in [0.05, 0.1) is 17.8 Å². The molecule has 2 heterocycles. The van der Waals surface area contributed by atoms with Gasteiger partial charge in [0.25, 0.3) is 5.91 Å². The third-order valence-corrected chi connectivity index (χ3v) is 7.25. The number of carbonyl (C=O) groups is 2. The van der Waals surface area contributed by atoms with Crippen LogP contribution in [0.1, 0.15) is 32.6 Å². The Bertz CT molecular complexity index is 1710. The first-order valence-corrected chi connectivity index (χ1v) is 13.9. The van der Waals surface area contributed by atoms with Gasteiger partial charge in [-0.2, -0.15) is 18.2 Å². The van der Waals surface area contributed by atoms with Crippen molar-refractivity contribution in [3.63, 3.8) is 0 Å². The number of urea groups is 1. The van der Waals surface area contributed by atoms with E-state index in [9.17, 15) is 22.8 Å². The van der Waals surface area contributed by atoms with E-state index in [1.54, 1.807) is 36.3 Å². The second-order valence-electron chi connectivity index (χ2n) is 10.9. The minimum Gasteiger partial charge on any atom is -0.324 e. The summed E-state index contributed by atoms with van der Waals surface area (Å²) < 4.78 is 39.4. The van der Waals surface area contributed by atoms with Gasteiger partial charge in [-0.05, 0) is 81.0 Å². The van der Waals surface area contributed by atoms with Crippen molar-refractivity contribution < 1.29 is 22.8 Å². The summed E-state index contributed by atoms with van der Waals surface area (Å²) in [6, 6.07) is 16.9. The number of aromatic nitrogens is 2. The highest BCUT2D eigenvalue weighted by Gasteiger charge is 2.32. The van der Waals surface area contributed by atoms with Crippen LogP contribution in [0.15, 0.2) is 72.9 Å². The second kappa shape index (κ2) is 12.3. The molecule has 1 aromatic heterocycles. The van der Waals surface area contributed by atoms with E-state index in [2.05, 4.69) is 31.6 Å². The van der Waals surface area contributed by atoms with E-state index in [1.165, 1.54) is 22.6 Å². The highest BCUT2D eigenvalue weighted by atomic mass is 19.4. The summed E-state index contributed by atoms with van der Waals surface area (Å²) in [5.74, 6) is 0.131. The van der Waals surface area contributed by atoms with Crippen LogP contribution in [0.4, 0.5) is 46.8 Å². The van der Waals surface area contributed by atoms with Crippen LogP contribution in [0.25, 0.3) is 0 Å². The number of amides is 3. The molecule has 0 bridgehead atoms. The fourth-order valence-electron chi connectivity index (χ4n) is 4.86. The predicted octanol–water partition coefficient (Wildman–Crippen LogP) is 6.48. The van der Waals surface area contributed by atoms with Crippen LogP contribution in [0.3, 0.4) is 0 Å². The molecule has 3 aromatic carbocycles. The lowest BCUT2D eigenvalue weighted by molar-refractivity contribution is -0.137. The minimum absolute atomic E-state index is 0.133. The molecule has 2 N–H and O–H groups in total. The highest BCUT2D eigenvalue weighted by Crippen LogP contribution is 2.34. The summed E-state index contributed by atoms with van der Waals surface area (Å²) >= 11 is 0. The van der Waals surface area contributed by atoms with Crippen molar-refractivity contribution in [3.8, 4) is 0 Å². The summed E-state index contributed by atoms with van der Waals surface area (Å²) in [4.78, 5) is 40.5. The number of alkyl halides is 3. The number of benzene rings is 3. The van der Waals surface area contributed by atoms with Crippen molar-refractivity contribution in [1.29, 1.82) is 0 Å². The van der Waals surface area contributed by atoms with Gasteiger partial charge in [0.2, 0.25) is 5.95 Å². The Labute approximate surface area is 253 Å². The maximum atomic E-state index is 13.5. The molecule has 0 saturated heterocycles. The zero-order valence-electron chi connectivity index (χ0n) is 24.7. The van der Waals surface area contributed by atoms with Crippen LogP contribution in [0, 0.1) is 6.92 Å². The van der Waals surface area contributed by atoms with Crippen molar-refractivity contribution in [2.75, 3.05) is 48.1 Å². The lowest BCUT2D eigenvalue weighted by atomic mass is 10.1. The number of halogens is 3. The van der Waals surface area contributed by atoms with Gasteiger partial charge in [0, 0.05) is 42.3 Å². The van der Waals surface area contributed by atoms with Gasteiger partial charge in [0.1, 0.15) is 5.82 Å². The molecule has 5 rings (SSSR count). The summed E-state index contributed by atoms with van der Waals surface area (Å²) in [5.41, 5.74) is 3.32. The Morgan fingerprint density at radius 2 is 1.80 bits per heavy atom. The van der Waals surface area contributed by atoms with Gasteiger partial charge >= 0.3 is 12.2 Å². The molecule has 0 atom stereocenters. The molecule has 1 aliphatic rings. The van der Waals surface area contributed by atoms with Crippen LogP contribution < -0.4 is 20.4 Å². The number of hydrogen-bond donors (Lipinski definition) is 2. The molecule has 0 spiro atoms. The van der Waals surface area contributed by atoms with Gasteiger partial charge in [-0.3, -0.25) is 14.6 Å². The fraction of sp³-hybridized carbons (Fsp3) is 0.250. The van der Waals surface area contributed by atoms with Gasteiger partial charge in [0.15, 0.2) is 0 Å². The van der Waals surface area contributed by atoms with Crippen LogP contribution in [-0.2, 0) is 19.1 Å². The Hall–Kier alpha value is -4.97. The average Bonchev–Trinajstić information content (AvgIpc) is 2.99. The third kappa shape index (κ3) is 6.81. The monoisotopic (exact) mass is 603 g/mol. The van der Waals surface area contributed by atoms with Gasteiger partial charge in [-0.1, -0.05) is 24.3 Å². The van der Waals surface area contributed by atoms with Crippen molar-refractivity contribution in [3.05, 3.63) is 101 Å². The number of hydrogen-bond acceptors (Lipinski definition) is 6. The lowest BCUT2D eigenvalue weighted by Crippen LogP contribution is -2.46. The molecule has 0 fully saturated rings. The van der Waals surface area contributed by atoms with Crippen LogP contribution in [0.5, 0.6) is 0 Å².